The van der Waals surface area contributed by atoms with Gasteiger partial charge in [0.15, 0.2) is 11.0 Å². The SMILES string of the molecule is CCCCSc1nnc(-c2cn(S(=O)(=O)c3ccccc3)c3ccccc23)n1-c1ccc(OC)cc1. The van der Waals surface area contributed by atoms with Crippen molar-refractivity contribution < 1.29 is 13.2 Å². The lowest BCUT2D eigenvalue weighted by atomic mass is 10.1. The molecule has 0 aliphatic rings. The second-order valence-corrected chi connectivity index (χ2v) is 11.1. The summed E-state index contributed by atoms with van der Waals surface area (Å²) in [6.07, 6.45) is 3.79. The topological polar surface area (TPSA) is 79.0 Å². The smallest absolute Gasteiger partial charge is 0.268 e. The molecule has 0 saturated carbocycles. The van der Waals surface area contributed by atoms with E-state index in [2.05, 4.69) is 17.1 Å². The van der Waals surface area contributed by atoms with Gasteiger partial charge in [0, 0.05) is 28.6 Å². The fourth-order valence-corrected chi connectivity index (χ4v) is 6.47. The second-order valence-electron chi connectivity index (χ2n) is 8.22. The zero-order chi connectivity index (χ0) is 25.1. The zero-order valence-corrected chi connectivity index (χ0v) is 21.7. The second kappa shape index (κ2) is 10.2. The Morgan fingerprint density at radius 1 is 0.917 bits per heavy atom. The number of ether oxygens (including phenoxy) is 1. The summed E-state index contributed by atoms with van der Waals surface area (Å²) in [5, 5.41) is 10.6. The minimum absolute atomic E-state index is 0.227. The van der Waals surface area contributed by atoms with Gasteiger partial charge in [-0.25, -0.2) is 12.4 Å². The highest BCUT2D eigenvalue weighted by Crippen LogP contribution is 2.35. The molecule has 184 valence electrons. The van der Waals surface area contributed by atoms with Crippen LogP contribution in [0, 0.1) is 0 Å². The summed E-state index contributed by atoms with van der Waals surface area (Å²) in [6.45, 7) is 2.15. The number of thioether (sulfide) groups is 1. The average molecular weight is 519 g/mol. The molecule has 0 aliphatic carbocycles. The van der Waals surface area contributed by atoms with Gasteiger partial charge < -0.3 is 4.74 Å². The Labute approximate surface area is 214 Å². The van der Waals surface area contributed by atoms with Crippen LogP contribution >= 0.6 is 11.8 Å². The summed E-state index contributed by atoms with van der Waals surface area (Å²) in [5.74, 6) is 2.24. The number of fused-ring (bicyclic) bond motifs is 1. The molecule has 0 N–H and O–H groups in total. The summed E-state index contributed by atoms with van der Waals surface area (Å²) < 4.78 is 35.9. The van der Waals surface area contributed by atoms with Crippen molar-refractivity contribution in [1.29, 1.82) is 0 Å². The molecular formula is C27H26N4O3S2. The summed E-state index contributed by atoms with van der Waals surface area (Å²) in [5.41, 5.74) is 2.15. The maximum absolute atomic E-state index is 13.6. The van der Waals surface area contributed by atoms with E-state index >= 15 is 0 Å². The molecule has 0 spiro atoms. The first-order chi connectivity index (χ1) is 17.5. The van der Waals surface area contributed by atoms with Crippen molar-refractivity contribution in [3.8, 4) is 22.8 Å². The van der Waals surface area contributed by atoms with Gasteiger partial charge in [-0.1, -0.05) is 61.5 Å². The quantitative estimate of drug-likeness (QED) is 0.175. The first-order valence-corrected chi connectivity index (χ1v) is 14.1. The van der Waals surface area contributed by atoms with Gasteiger partial charge in [-0.2, -0.15) is 0 Å². The Morgan fingerprint density at radius 3 is 2.36 bits per heavy atom. The molecule has 0 bridgehead atoms. The monoisotopic (exact) mass is 518 g/mol. The highest BCUT2D eigenvalue weighted by atomic mass is 32.2. The average Bonchev–Trinajstić information content (AvgIpc) is 3.51. The van der Waals surface area contributed by atoms with Crippen LogP contribution in [0.25, 0.3) is 28.0 Å². The Balaban J connectivity index is 1.71. The molecule has 0 unspecified atom stereocenters. The van der Waals surface area contributed by atoms with Crippen LogP contribution in [-0.2, 0) is 10.0 Å². The van der Waals surface area contributed by atoms with E-state index in [1.54, 1.807) is 55.4 Å². The van der Waals surface area contributed by atoms with Gasteiger partial charge in [-0.15, -0.1) is 10.2 Å². The molecule has 0 saturated heterocycles. The van der Waals surface area contributed by atoms with Crippen molar-refractivity contribution in [3.05, 3.63) is 85.1 Å². The van der Waals surface area contributed by atoms with Crippen molar-refractivity contribution in [3.63, 3.8) is 0 Å². The van der Waals surface area contributed by atoms with E-state index in [9.17, 15) is 8.42 Å². The van der Waals surface area contributed by atoms with Crippen LogP contribution in [0.2, 0.25) is 0 Å². The molecule has 3 aromatic carbocycles. The van der Waals surface area contributed by atoms with Gasteiger partial charge >= 0.3 is 0 Å². The van der Waals surface area contributed by atoms with Gasteiger partial charge in [-0.3, -0.25) is 4.57 Å². The largest absolute Gasteiger partial charge is 0.497 e. The standard InChI is InChI=1S/C27H26N4O3S2/c1-3-4-18-35-27-29-28-26(31(27)20-14-16-21(34-2)17-15-20)24-19-30(25-13-9-8-12-23(24)25)36(32,33)22-10-6-5-7-11-22/h5-17,19H,3-4,18H2,1-2H3. The van der Waals surface area contributed by atoms with Gasteiger partial charge in [0.1, 0.15) is 5.75 Å². The molecule has 0 radical (unpaired) electrons. The van der Waals surface area contributed by atoms with Crippen molar-refractivity contribution in [2.75, 3.05) is 12.9 Å². The minimum atomic E-state index is -3.81. The van der Waals surface area contributed by atoms with Crippen molar-refractivity contribution >= 4 is 32.7 Å². The maximum Gasteiger partial charge on any atom is 0.268 e. The van der Waals surface area contributed by atoms with Crippen LogP contribution in [-0.4, -0.2) is 40.0 Å². The lowest BCUT2D eigenvalue weighted by molar-refractivity contribution is 0.414. The lowest BCUT2D eigenvalue weighted by Crippen LogP contribution is -2.11. The number of benzene rings is 3. The molecule has 2 heterocycles. The Hall–Kier alpha value is -3.56. The van der Waals surface area contributed by atoms with Gasteiger partial charge in [0.05, 0.1) is 17.5 Å². The van der Waals surface area contributed by atoms with Crippen molar-refractivity contribution in [2.45, 2.75) is 29.8 Å². The lowest BCUT2D eigenvalue weighted by Gasteiger charge is -2.11. The highest BCUT2D eigenvalue weighted by Gasteiger charge is 2.25. The first kappa shape index (κ1) is 24.1. The van der Waals surface area contributed by atoms with E-state index in [1.165, 1.54) is 3.97 Å². The van der Waals surface area contributed by atoms with E-state index < -0.39 is 10.0 Å². The van der Waals surface area contributed by atoms with Gasteiger partial charge in [-0.05, 0) is 48.9 Å². The third-order valence-corrected chi connectivity index (χ3v) is 8.62. The molecule has 5 rings (SSSR count). The van der Waals surface area contributed by atoms with E-state index in [0.717, 1.165) is 40.6 Å². The minimum Gasteiger partial charge on any atom is -0.497 e. The molecule has 0 aliphatic heterocycles. The van der Waals surface area contributed by atoms with E-state index in [1.807, 2.05) is 53.1 Å². The molecule has 36 heavy (non-hydrogen) atoms. The molecule has 2 aromatic heterocycles. The normalized spacial score (nSPS) is 11.7. The fraction of sp³-hybridized carbons (Fsp3) is 0.185. The van der Waals surface area contributed by atoms with Crippen LogP contribution in [0.3, 0.4) is 0 Å². The molecular weight excluding hydrogens is 492 g/mol. The number of rotatable bonds is 9. The first-order valence-electron chi connectivity index (χ1n) is 11.7. The predicted octanol–water partition coefficient (Wildman–Crippen LogP) is 6.03. The van der Waals surface area contributed by atoms with Crippen molar-refractivity contribution in [2.24, 2.45) is 0 Å². The number of unbranched alkanes of at least 4 members (excludes halogenated alkanes) is 1. The Kier molecular flexibility index (Phi) is 6.84. The van der Waals surface area contributed by atoms with Crippen molar-refractivity contribution in [1.82, 2.24) is 18.7 Å². The molecule has 0 fully saturated rings. The molecule has 0 atom stereocenters. The molecule has 5 aromatic rings. The van der Waals surface area contributed by atoms with E-state index in [-0.39, 0.29) is 4.90 Å². The number of methoxy groups -OCH3 is 1. The molecule has 0 amide bonds. The van der Waals surface area contributed by atoms with Crippen LogP contribution in [0.1, 0.15) is 19.8 Å². The third-order valence-electron chi connectivity index (χ3n) is 5.91. The summed E-state index contributed by atoms with van der Waals surface area (Å²) in [7, 11) is -2.18. The van der Waals surface area contributed by atoms with E-state index in [0.29, 0.717) is 16.9 Å². The number of hydrogen-bond donors (Lipinski definition) is 0. The van der Waals surface area contributed by atoms with E-state index in [4.69, 9.17) is 4.74 Å². The van der Waals surface area contributed by atoms with Crippen LogP contribution in [0.4, 0.5) is 0 Å². The highest BCUT2D eigenvalue weighted by molar-refractivity contribution is 7.99. The summed E-state index contributed by atoms with van der Waals surface area (Å²) >= 11 is 1.64. The number of para-hydroxylation sites is 1. The summed E-state index contributed by atoms with van der Waals surface area (Å²) in [4.78, 5) is 0.227. The van der Waals surface area contributed by atoms with Crippen LogP contribution in [0.5, 0.6) is 5.75 Å². The zero-order valence-electron chi connectivity index (χ0n) is 20.0. The van der Waals surface area contributed by atoms with Crippen LogP contribution < -0.4 is 4.74 Å². The van der Waals surface area contributed by atoms with Crippen LogP contribution in [0.15, 0.2) is 95.1 Å². The Morgan fingerprint density at radius 2 is 1.64 bits per heavy atom. The predicted molar refractivity (Wildman–Crippen MR) is 144 cm³/mol. The fourth-order valence-electron chi connectivity index (χ4n) is 4.04. The number of nitrogens with zero attached hydrogens (tertiary/aromatic N) is 4. The molecule has 9 heteroatoms. The summed E-state index contributed by atoms with van der Waals surface area (Å²) in [6, 6.07) is 23.6. The third kappa shape index (κ3) is 4.40. The van der Waals surface area contributed by atoms with Gasteiger partial charge in [0.2, 0.25) is 0 Å². The number of hydrogen-bond acceptors (Lipinski definition) is 6. The number of aromatic nitrogens is 4. The molecule has 7 nitrogen and oxygen atoms in total. The Bertz CT molecular complexity index is 1590. The van der Waals surface area contributed by atoms with Gasteiger partial charge in [0.25, 0.3) is 10.0 Å². The maximum atomic E-state index is 13.6.